The molecule has 4 rings (SSSR count). The second-order valence-electron chi connectivity index (χ2n) is 6.77. The highest BCUT2D eigenvalue weighted by Gasteiger charge is 2.31. The molecule has 3 heterocycles. The van der Waals surface area contributed by atoms with Crippen molar-refractivity contribution >= 4 is 17.2 Å². The molecule has 1 aliphatic rings. The second kappa shape index (κ2) is 7.36. The summed E-state index contributed by atoms with van der Waals surface area (Å²) in [7, 11) is 0. The fraction of sp³-hybridized carbons (Fsp3) is 0.200. The third-order valence-corrected chi connectivity index (χ3v) is 4.75. The Morgan fingerprint density at radius 3 is 2.77 bits per heavy atom. The van der Waals surface area contributed by atoms with Gasteiger partial charge in [-0.3, -0.25) is 0 Å². The molecule has 0 saturated heterocycles. The van der Waals surface area contributed by atoms with E-state index in [1.807, 2.05) is 36.1 Å². The number of alkyl halides is 3. The molecule has 6 nitrogen and oxygen atoms in total. The highest BCUT2D eigenvalue weighted by Crippen LogP contribution is 2.30. The fourth-order valence-electron chi connectivity index (χ4n) is 3.36. The fourth-order valence-corrected chi connectivity index (χ4v) is 3.36. The van der Waals surface area contributed by atoms with E-state index in [2.05, 4.69) is 14.8 Å². The molecule has 0 amide bonds. The van der Waals surface area contributed by atoms with Gasteiger partial charge in [-0.25, -0.2) is 8.91 Å². The average Bonchev–Trinajstić information content (AvgIpc) is 3.04. The molecule has 1 aliphatic heterocycles. The van der Waals surface area contributed by atoms with Crippen LogP contribution in [0.4, 0.5) is 23.5 Å². The molecule has 0 saturated carbocycles. The Morgan fingerprint density at radius 1 is 1.20 bits per heavy atom. The number of nitrogens with two attached hydrogens (primary N) is 1. The molecule has 10 heteroatoms. The van der Waals surface area contributed by atoms with Crippen molar-refractivity contribution in [3.63, 3.8) is 0 Å². The summed E-state index contributed by atoms with van der Waals surface area (Å²) in [4.78, 5) is 6.01. The average molecular weight is 419 g/mol. The number of aromatic nitrogens is 3. The van der Waals surface area contributed by atoms with Crippen molar-refractivity contribution in [3.05, 3.63) is 71.3 Å². The molecule has 0 fully saturated rings. The SMILES string of the molecule is CC1=C(c2ccn3nc(N)nc3c2)C=CCN1Cc1cc(OC(F)(F)F)ccc1F. The number of ether oxygens (including phenoxy) is 1. The van der Waals surface area contributed by atoms with Gasteiger partial charge in [-0.15, -0.1) is 18.3 Å². The molecule has 0 unspecified atom stereocenters. The molecular formula is C20H17F4N5O. The molecule has 0 bridgehead atoms. The summed E-state index contributed by atoms with van der Waals surface area (Å²) in [5, 5.41) is 4.04. The summed E-state index contributed by atoms with van der Waals surface area (Å²) in [6, 6.07) is 6.68. The van der Waals surface area contributed by atoms with Crippen LogP contribution in [-0.4, -0.2) is 32.4 Å². The van der Waals surface area contributed by atoms with E-state index < -0.39 is 17.9 Å². The summed E-state index contributed by atoms with van der Waals surface area (Å²) >= 11 is 0. The third kappa shape index (κ3) is 4.07. The number of anilines is 1. The number of nitrogen functional groups attached to an aromatic ring is 1. The molecule has 3 aromatic rings. The molecule has 0 aliphatic carbocycles. The number of pyridine rings is 1. The predicted octanol–water partition coefficient (Wildman–Crippen LogP) is 4.15. The highest BCUT2D eigenvalue weighted by molar-refractivity contribution is 5.78. The summed E-state index contributed by atoms with van der Waals surface area (Å²) in [5.74, 6) is -0.896. The van der Waals surface area contributed by atoms with Crippen LogP contribution in [0.3, 0.4) is 0 Å². The first kappa shape index (κ1) is 19.7. The first-order valence-electron chi connectivity index (χ1n) is 8.98. The Kier molecular flexibility index (Phi) is 4.84. The smallest absolute Gasteiger partial charge is 0.406 e. The number of nitrogens with zero attached hydrogens (tertiary/aromatic N) is 4. The van der Waals surface area contributed by atoms with Crippen LogP contribution in [0.5, 0.6) is 5.75 Å². The van der Waals surface area contributed by atoms with Crippen LogP contribution >= 0.6 is 0 Å². The van der Waals surface area contributed by atoms with Gasteiger partial charge in [-0.1, -0.05) is 12.2 Å². The van der Waals surface area contributed by atoms with E-state index in [-0.39, 0.29) is 18.1 Å². The summed E-state index contributed by atoms with van der Waals surface area (Å²) in [5.41, 5.74) is 8.90. The quantitative estimate of drug-likeness (QED) is 0.644. The van der Waals surface area contributed by atoms with Crippen LogP contribution in [0.1, 0.15) is 18.1 Å². The molecule has 156 valence electrons. The predicted molar refractivity (Wildman–Crippen MR) is 103 cm³/mol. The van der Waals surface area contributed by atoms with E-state index in [0.717, 1.165) is 35.0 Å². The molecular weight excluding hydrogens is 402 g/mol. The van der Waals surface area contributed by atoms with Gasteiger partial charge in [-0.05, 0) is 42.8 Å². The Hall–Kier alpha value is -3.56. The summed E-state index contributed by atoms with van der Waals surface area (Å²) < 4.78 is 57.2. The van der Waals surface area contributed by atoms with Crippen molar-refractivity contribution < 1.29 is 22.3 Å². The van der Waals surface area contributed by atoms with E-state index in [1.54, 1.807) is 10.7 Å². The lowest BCUT2D eigenvalue weighted by Crippen LogP contribution is -2.25. The van der Waals surface area contributed by atoms with Crippen molar-refractivity contribution in [2.45, 2.75) is 19.8 Å². The maximum absolute atomic E-state index is 14.3. The number of hydrogen-bond acceptors (Lipinski definition) is 5. The summed E-state index contributed by atoms with van der Waals surface area (Å²) in [6.45, 7) is 2.44. The number of benzene rings is 1. The van der Waals surface area contributed by atoms with Gasteiger partial charge in [0.05, 0.1) is 0 Å². The second-order valence-corrected chi connectivity index (χ2v) is 6.77. The van der Waals surface area contributed by atoms with Gasteiger partial charge in [-0.2, -0.15) is 4.98 Å². The van der Waals surface area contributed by atoms with E-state index in [1.165, 1.54) is 0 Å². The lowest BCUT2D eigenvalue weighted by atomic mass is 10.0. The van der Waals surface area contributed by atoms with E-state index in [9.17, 15) is 17.6 Å². The number of fused-ring (bicyclic) bond motifs is 1. The molecule has 0 spiro atoms. The van der Waals surface area contributed by atoms with Gasteiger partial charge in [0, 0.05) is 36.1 Å². The molecule has 1 aromatic carbocycles. The highest BCUT2D eigenvalue weighted by atomic mass is 19.4. The van der Waals surface area contributed by atoms with Gasteiger partial charge in [0.15, 0.2) is 5.65 Å². The first-order valence-corrected chi connectivity index (χ1v) is 8.98. The van der Waals surface area contributed by atoms with E-state index >= 15 is 0 Å². The first-order chi connectivity index (χ1) is 14.2. The molecule has 30 heavy (non-hydrogen) atoms. The largest absolute Gasteiger partial charge is 0.573 e. The zero-order chi connectivity index (χ0) is 21.5. The maximum atomic E-state index is 14.3. The zero-order valence-electron chi connectivity index (χ0n) is 15.8. The van der Waals surface area contributed by atoms with Gasteiger partial charge in [0.1, 0.15) is 11.6 Å². The number of rotatable bonds is 4. The van der Waals surface area contributed by atoms with E-state index in [0.29, 0.717) is 12.2 Å². The minimum atomic E-state index is -4.84. The van der Waals surface area contributed by atoms with Gasteiger partial charge in [0.25, 0.3) is 0 Å². The van der Waals surface area contributed by atoms with Gasteiger partial charge in [0.2, 0.25) is 5.95 Å². The van der Waals surface area contributed by atoms with Crippen molar-refractivity contribution in [2.75, 3.05) is 12.3 Å². The molecule has 2 N–H and O–H groups in total. The van der Waals surface area contributed by atoms with Gasteiger partial charge >= 0.3 is 6.36 Å². The topological polar surface area (TPSA) is 68.7 Å². The standard InChI is InChI=1S/C20H17F4N5O/c1-12-16(13-6-8-29-18(10-13)26-19(25)27-29)3-2-7-28(12)11-14-9-15(4-5-17(14)21)30-20(22,23)24/h2-6,8-10H,7,11H2,1H3,(H2,25,27). The molecule has 0 radical (unpaired) electrons. The monoisotopic (exact) mass is 419 g/mol. The Bertz CT molecular complexity index is 1170. The lowest BCUT2D eigenvalue weighted by Gasteiger charge is -2.29. The van der Waals surface area contributed by atoms with Crippen LogP contribution in [0.2, 0.25) is 0 Å². The zero-order valence-corrected chi connectivity index (χ0v) is 15.8. The molecule has 0 atom stereocenters. The van der Waals surface area contributed by atoms with Crippen molar-refractivity contribution in [1.82, 2.24) is 19.5 Å². The van der Waals surface area contributed by atoms with Crippen LogP contribution in [-0.2, 0) is 6.54 Å². The van der Waals surface area contributed by atoms with Crippen LogP contribution in [0, 0.1) is 5.82 Å². The van der Waals surface area contributed by atoms with Crippen LogP contribution < -0.4 is 10.5 Å². The summed E-state index contributed by atoms with van der Waals surface area (Å²) in [6.07, 6.45) is 0.740. The van der Waals surface area contributed by atoms with Crippen molar-refractivity contribution in [2.24, 2.45) is 0 Å². The Labute approximate surface area is 168 Å². The van der Waals surface area contributed by atoms with Gasteiger partial charge < -0.3 is 15.4 Å². The third-order valence-electron chi connectivity index (χ3n) is 4.75. The number of halogens is 4. The Balaban J connectivity index is 1.63. The van der Waals surface area contributed by atoms with E-state index in [4.69, 9.17) is 5.73 Å². The van der Waals surface area contributed by atoms with Crippen LogP contribution in [0.15, 0.2) is 54.4 Å². The normalized spacial score (nSPS) is 14.6. The Morgan fingerprint density at radius 2 is 2.00 bits per heavy atom. The van der Waals surface area contributed by atoms with Crippen LogP contribution in [0.25, 0.3) is 11.2 Å². The number of allylic oxidation sites excluding steroid dienone is 3. The number of hydrogen-bond donors (Lipinski definition) is 1. The minimum Gasteiger partial charge on any atom is -0.406 e. The van der Waals surface area contributed by atoms with Crippen molar-refractivity contribution in [1.29, 1.82) is 0 Å². The lowest BCUT2D eigenvalue weighted by molar-refractivity contribution is -0.274. The minimum absolute atomic E-state index is 0.0840. The van der Waals surface area contributed by atoms with Crippen molar-refractivity contribution in [3.8, 4) is 5.75 Å². The molecule has 2 aromatic heterocycles. The maximum Gasteiger partial charge on any atom is 0.573 e.